The molecule has 0 saturated heterocycles. The van der Waals surface area contributed by atoms with Gasteiger partial charge in [-0.15, -0.1) is 0 Å². The van der Waals surface area contributed by atoms with Crippen molar-refractivity contribution < 1.29 is 4.42 Å². The number of hydrogen-bond donors (Lipinski definition) is 2. The molecule has 1 atom stereocenters. The van der Waals surface area contributed by atoms with E-state index < -0.39 is 0 Å². The van der Waals surface area contributed by atoms with Gasteiger partial charge < -0.3 is 4.42 Å². The number of halogens is 3. The lowest BCUT2D eigenvalue weighted by Gasteiger charge is -2.15. The average molecular weight is 386 g/mol. The van der Waals surface area contributed by atoms with Crippen LogP contribution in [0.15, 0.2) is 51.4 Å². The van der Waals surface area contributed by atoms with Crippen molar-refractivity contribution in [1.29, 1.82) is 0 Å². The molecule has 3 N–H and O–H groups in total. The van der Waals surface area contributed by atoms with Crippen molar-refractivity contribution >= 4 is 50.1 Å². The summed E-state index contributed by atoms with van der Waals surface area (Å²) in [5.74, 6) is 6.35. The highest BCUT2D eigenvalue weighted by atomic mass is 79.9. The molecule has 2 aromatic carbocycles. The smallest absolute Gasteiger partial charge is 0.152 e. The Bertz CT molecular complexity index is 803. The standard InChI is InChI=1S/C15H11BrCl2N2O/c16-9-4-5-11(17)10(7-9)14(20-19)13-6-8-2-1-3-12(18)15(8)21-13/h1-7,14,20H,19H2. The van der Waals surface area contributed by atoms with E-state index in [1.807, 2.05) is 30.3 Å². The maximum atomic E-state index is 6.27. The van der Waals surface area contributed by atoms with Gasteiger partial charge in [0, 0.05) is 14.9 Å². The Labute approximate surface area is 140 Å². The highest BCUT2D eigenvalue weighted by Gasteiger charge is 2.20. The topological polar surface area (TPSA) is 51.2 Å². The lowest BCUT2D eigenvalue weighted by molar-refractivity contribution is 0.477. The van der Waals surface area contributed by atoms with Gasteiger partial charge in [-0.2, -0.15) is 0 Å². The van der Waals surface area contributed by atoms with E-state index >= 15 is 0 Å². The molecule has 3 aromatic rings. The van der Waals surface area contributed by atoms with E-state index in [0.29, 0.717) is 21.4 Å². The van der Waals surface area contributed by atoms with E-state index in [1.165, 1.54) is 0 Å². The number of hydrogen-bond acceptors (Lipinski definition) is 3. The number of hydrazine groups is 1. The van der Waals surface area contributed by atoms with Crippen LogP contribution in [0.1, 0.15) is 17.4 Å². The summed E-state index contributed by atoms with van der Waals surface area (Å²) in [4.78, 5) is 0. The van der Waals surface area contributed by atoms with Crippen LogP contribution >= 0.6 is 39.1 Å². The Balaban J connectivity index is 2.13. The third-order valence-corrected chi connectivity index (χ3v) is 4.37. The van der Waals surface area contributed by atoms with Crippen molar-refractivity contribution in [3.8, 4) is 0 Å². The fourth-order valence-electron chi connectivity index (χ4n) is 2.25. The molecule has 21 heavy (non-hydrogen) atoms. The first kappa shape index (κ1) is 14.9. The van der Waals surface area contributed by atoms with Crippen LogP contribution in [0.3, 0.4) is 0 Å². The van der Waals surface area contributed by atoms with Crippen molar-refractivity contribution in [2.45, 2.75) is 6.04 Å². The molecule has 0 aliphatic heterocycles. The van der Waals surface area contributed by atoms with Gasteiger partial charge in [0.15, 0.2) is 5.58 Å². The Morgan fingerprint density at radius 2 is 1.90 bits per heavy atom. The minimum absolute atomic E-state index is 0.363. The molecule has 0 amide bonds. The summed E-state index contributed by atoms with van der Waals surface area (Å²) in [5, 5.41) is 2.09. The second kappa shape index (κ2) is 5.99. The SMILES string of the molecule is NNC(c1cc2cccc(Cl)c2o1)c1cc(Br)ccc1Cl. The van der Waals surface area contributed by atoms with E-state index in [9.17, 15) is 0 Å². The van der Waals surface area contributed by atoms with Gasteiger partial charge in [0.2, 0.25) is 0 Å². The minimum Gasteiger partial charge on any atom is -0.457 e. The number of rotatable bonds is 3. The second-order valence-electron chi connectivity index (χ2n) is 4.57. The molecule has 3 rings (SSSR count). The number of nitrogens with two attached hydrogens (primary N) is 1. The Hall–Kier alpha value is -1.04. The van der Waals surface area contributed by atoms with Crippen LogP contribution in [-0.4, -0.2) is 0 Å². The zero-order valence-corrected chi connectivity index (χ0v) is 13.8. The van der Waals surface area contributed by atoms with Crippen LogP contribution < -0.4 is 11.3 Å². The van der Waals surface area contributed by atoms with E-state index in [2.05, 4.69) is 21.4 Å². The highest BCUT2D eigenvalue weighted by molar-refractivity contribution is 9.10. The third kappa shape index (κ3) is 2.82. The van der Waals surface area contributed by atoms with Crippen LogP contribution in [0.2, 0.25) is 10.0 Å². The van der Waals surface area contributed by atoms with E-state index in [4.69, 9.17) is 33.5 Å². The van der Waals surface area contributed by atoms with Crippen molar-refractivity contribution in [3.63, 3.8) is 0 Å². The lowest BCUT2D eigenvalue weighted by Crippen LogP contribution is -2.28. The molecular weight excluding hydrogens is 375 g/mol. The average Bonchev–Trinajstić information content (AvgIpc) is 2.89. The third-order valence-electron chi connectivity index (χ3n) is 3.24. The van der Waals surface area contributed by atoms with Crippen molar-refractivity contribution in [1.82, 2.24) is 5.43 Å². The van der Waals surface area contributed by atoms with Crippen LogP contribution in [0.5, 0.6) is 0 Å². The molecule has 1 unspecified atom stereocenters. The summed E-state index contributed by atoms with van der Waals surface area (Å²) in [6, 6.07) is 12.7. The van der Waals surface area contributed by atoms with Crippen LogP contribution in [0.25, 0.3) is 11.0 Å². The Morgan fingerprint density at radius 1 is 1.10 bits per heavy atom. The molecule has 0 aliphatic carbocycles. The monoisotopic (exact) mass is 384 g/mol. The minimum atomic E-state index is -0.363. The molecule has 1 aromatic heterocycles. The number of furan rings is 1. The summed E-state index contributed by atoms with van der Waals surface area (Å²) < 4.78 is 6.77. The van der Waals surface area contributed by atoms with Crippen LogP contribution in [0.4, 0.5) is 0 Å². The largest absolute Gasteiger partial charge is 0.457 e. The molecule has 1 heterocycles. The first-order valence-corrected chi connectivity index (χ1v) is 7.74. The molecule has 0 aliphatic rings. The van der Waals surface area contributed by atoms with Crippen LogP contribution in [-0.2, 0) is 0 Å². The molecule has 0 spiro atoms. The number of nitrogens with one attached hydrogen (secondary N) is 1. The summed E-state index contributed by atoms with van der Waals surface area (Å²) in [6.45, 7) is 0. The molecule has 0 bridgehead atoms. The Morgan fingerprint density at radius 3 is 2.62 bits per heavy atom. The molecule has 3 nitrogen and oxygen atoms in total. The number of benzene rings is 2. The van der Waals surface area contributed by atoms with Crippen LogP contribution in [0, 0.1) is 0 Å². The van der Waals surface area contributed by atoms with Crippen molar-refractivity contribution in [2.75, 3.05) is 0 Å². The summed E-state index contributed by atoms with van der Waals surface area (Å²) in [6.07, 6.45) is 0. The summed E-state index contributed by atoms with van der Waals surface area (Å²) >= 11 is 15.8. The first-order chi connectivity index (χ1) is 10.1. The summed E-state index contributed by atoms with van der Waals surface area (Å²) in [7, 11) is 0. The van der Waals surface area contributed by atoms with Crippen molar-refractivity contribution in [2.24, 2.45) is 5.84 Å². The van der Waals surface area contributed by atoms with E-state index in [-0.39, 0.29) is 6.04 Å². The quantitative estimate of drug-likeness (QED) is 0.489. The fourth-order valence-corrected chi connectivity index (χ4v) is 3.08. The van der Waals surface area contributed by atoms with Gasteiger partial charge in [0.05, 0.1) is 5.02 Å². The lowest BCUT2D eigenvalue weighted by atomic mass is 10.0. The van der Waals surface area contributed by atoms with Crippen molar-refractivity contribution in [3.05, 3.63) is 68.3 Å². The molecule has 0 saturated carbocycles. The normalized spacial score (nSPS) is 12.8. The fraction of sp³-hybridized carbons (Fsp3) is 0.0667. The van der Waals surface area contributed by atoms with Gasteiger partial charge in [0.1, 0.15) is 11.8 Å². The van der Waals surface area contributed by atoms with Gasteiger partial charge in [0.25, 0.3) is 0 Å². The predicted octanol–water partition coefficient (Wildman–Crippen LogP) is 5.05. The second-order valence-corrected chi connectivity index (χ2v) is 6.30. The molecule has 108 valence electrons. The number of fused-ring (bicyclic) bond motifs is 1. The van der Waals surface area contributed by atoms with Gasteiger partial charge >= 0.3 is 0 Å². The molecule has 6 heteroatoms. The van der Waals surface area contributed by atoms with Gasteiger partial charge in [-0.25, -0.2) is 5.43 Å². The maximum Gasteiger partial charge on any atom is 0.152 e. The summed E-state index contributed by atoms with van der Waals surface area (Å²) in [5.41, 5.74) is 4.20. The molecule has 0 fully saturated rings. The van der Waals surface area contributed by atoms with Gasteiger partial charge in [-0.3, -0.25) is 5.84 Å². The highest BCUT2D eigenvalue weighted by Crippen LogP contribution is 2.35. The van der Waals surface area contributed by atoms with E-state index in [0.717, 1.165) is 15.4 Å². The molecular formula is C15H11BrCl2N2O. The van der Waals surface area contributed by atoms with E-state index in [1.54, 1.807) is 12.1 Å². The first-order valence-electron chi connectivity index (χ1n) is 6.19. The van der Waals surface area contributed by atoms with Gasteiger partial charge in [-0.1, -0.05) is 51.3 Å². The zero-order chi connectivity index (χ0) is 15.0. The van der Waals surface area contributed by atoms with Gasteiger partial charge in [-0.05, 0) is 35.9 Å². The zero-order valence-electron chi connectivity index (χ0n) is 10.7. The predicted molar refractivity (Wildman–Crippen MR) is 89.5 cm³/mol. The molecule has 0 radical (unpaired) electrons. The Kier molecular flexibility index (Phi) is 4.24. The number of para-hydroxylation sites is 1. The maximum absolute atomic E-state index is 6.27.